The fourth-order valence-electron chi connectivity index (χ4n) is 2.96. The third-order valence-electron chi connectivity index (χ3n) is 4.15. The van der Waals surface area contributed by atoms with Gasteiger partial charge in [0.1, 0.15) is 22.7 Å². The van der Waals surface area contributed by atoms with E-state index in [0.717, 1.165) is 28.0 Å². The first-order chi connectivity index (χ1) is 12.2. The second-order valence-electron chi connectivity index (χ2n) is 5.89. The van der Waals surface area contributed by atoms with Crippen molar-refractivity contribution >= 4 is 27.8 Å². The lowest BCUT2D eigenvalue weighted by molar-refractivity contribution is 0.287. The summed E-state index contributed by atoms with van der Waals surface area (Å²) in [5.74, 6) is 1.16. The largest absolute Gasteiger partial charge is 0.396 e. The molecule has 3 aromatic heterocycles. The van der Waals surface area contributed by atoms with Gasteiger partial charge in [-0.1, -0.05) is 12.1 Å². The molecule has 7 heteroatoms. The minimum absolute atomic E-state index is 0.115. The number of H-pyrrole nitrogens is 2. The highest BCUT2D eigenvalue weighted by atomic mass is 16.2. The minimum Gasteiger partial charge on any atom is -0.396 e. The van der Waals surface area contributed by atoms with Gasteiger partial charge in [0, 0.05) is 35.7 Å². The molecule has 5 N–H and O–H groups in total. The van der Waals surface area contributed by atoms with Gasteiger partial charge in [0.25, 0.3) is 0 Å². The Kier molecular flexibility index (Phi) is 3.70. The summed E-state index contributed by atoms with van der Waals surface area (Å²) >= 11 is 0. The molecule has 0 fully saturated rings. The summed E-state index contributed by atoms with van der Waals surface area (Å²) in [6.07, 6.45) is 1.28. The lowest BCUT2D eigenvalue weighted by atomic mass is 10.1. The number of imidazole rings is 1. The van der Waals surface area contributed by atoms with Crippen LogP contribution >= 0.6 is 0 Å². The van der Waals surface area contributed by atoms with E-state index in [-0.39, 0.29) is 12.2 Å². The van der Waals surface area contributed by atoms with Crippen molar-refractivity contribution in [3.05, 3.63) is 52.6 Å². The van der Waals surface area contributed by atoms with Crippen LogP contribution in [0, 0.1) is 0 Å². The number of hydrogen-bond donors (Lipinski definition) is 4. The zero-order chi connectivity index (χ0) is 17.4. The number of aliphatic hydroxyl groups is 1. The fourth-order valence-corrected chi connectivity index (χ4v) is 2.96. The molecule has 0 aliphatic rings. The van der Waals surface area contributed by atoms with Crippen molar-refractivity contribution in [1.29, 1.82) is 0 Å². The van der Waals surface area contributed by atoms with Crippen LogP contribution in [0.1, 0.15) is 12.2 Å². The van der Waals surface area contributed by atoms with Crippen molar-refractivity contribution in [2.24, 2.45) is 0 Å². The van der Waals surface area contributed by atoms with E-state index in [1.54, 1.807) is 6.07 Å². The molecule has 7 nitrogen and oxygen atoms in total. The molecule has 0 amide bonds. The SMILES string of the molecule is Nc1nc2cc(-c3cccc(=O)[nH]3)ccc2c2nc(CCCO)[nH]c12. The number of rotatable bonds is 4. The fraction of sp³-hybridized carbons (Fsp3) is 0.167. The van der Waals surface area contributed by atoms with Gasteiger partial charge < -0.3 is 20.8 Å². The molecule has 0 saturated carbocycles. The van der Waals surface area contributed by atoms with Crippen molar-refractivity contribution in [3.8, 4) is 11.3 Å². The number of aromatic nitrogens is 4. The van der Waals surface area contributed by atoms with Crippen LogP contribution in [0.4, 0.5) is 5.82 Å². The number of aromatic amines is 2. The number of nitrogens with two attached hydrogens (primary N) is 1. The average Bonchev–Trinajstić information content (AvgIpc) is 3.04. The van der Waals surface area contributed by atoms with Crippen LogP contribution in [0.2, 0.25) is 0 Å². The molecule has 25 heavy (non-hydrogen) atoms. The quantitative estimate of drug-likeness (QED) is 0.454. The van der Waals surface area contributed by atoms with Gasteiger partial charge in [-0.15, -0.1) is 0 Å². The van der Waals surface area contributed by atoms with Gasteiger partial charge in [0.15, 0.2) is 0 Å². The highest BCUT2D eigenvalue weighted by molar-refractivity contribution is 6.07. The van der Waals surface area contributed by atoms with Crippen molar-refractivity contribution in [1.82, 2.24) is 19.9 Å². The Bertz CT molecular complexity index is 1130. The first-order valence-corrected chi connectivity index (χ1v) is 8.04. The normalized spacial score (nSPS) is 11.4. The zero-order valence-electron chi connectivity index (χ0n) is 13.4. The Balaban J connectivity index is 1.88. The molecule has 0 radical (unpaired) electrons. The number of aliphatic hydroxyl groups excluding tert-OH is 1. The maximum Gasteiger partial charge on any atom is 0.248 e. The lowest BCUT2D eigenvalue weighted by Crippen LogP contribution is -2.03. The van der Waals surface area contributed by atoms with Gasteiger partial charge in [0.2, 0.25) is 5.56 Å². The van der Waals surface area contributed by atoms with Crippen LogP contribution in [0.5, 0.6) is 0 Å². The Hall–Kier alpha value is -3.19. The predicted octanol–water partition coefficient (Wildman–Crippen LogP) is 1.97. The van der Waals surface area contributed by atoms with Crippen LogP contribution in [0.15, 0.2) is 41.2 Å². The number of nitrogens with zero attached hydrogens (tertiary/aromatic N) is 2. The van der Waals surface area contributed by atoms with Gasteiger partial charge in [-0.3, -0.25) is 4.79 Å². The number of fused-ring (bicyclic) bond motifs is 3. The van der Waals surface area contributed by atoms with Crippen LogP contribution in [-0.4, -0.2) is 31.6 Å². The van der Waals surface area contributed by atoms with Crippen molar-refractivity contribution in [3.63, 3.8) is 0 Å². The first kappa shape index (κ1) is 15.3. The van der Waals surface area contributed by atoms with E-state index < -0.39 is 0 Å². The van der Waals surface area contributed by atoms with E-state index in [0.29, 0.717) is 29.7 Å². The smallest absolute Gasteiger partial charge is 0.248 e. The number of benzene rings is 1. The number of anilines is 1. The summed E-state index contributed by atoms with van der Waals surface area (Å²) in [5, 5.41) is 9.87. The Labute approximate surface area is 142 Å². The number of nitrogens with one attached hydrogen (secondary N) is 2. The molecule has 0 aliphatic heterocycles. The van der Waals surface area contributed by atoms with Crippen LogP contribution in [0.3, 0.4) is 0 Å². The molecule has 1 aromatic carbocycles. The Morgan fingerprint density at radius 2 is 2.00 bits per heavy atom. The lowest BCUT2D eigenvalue weighted by Gasteiger charge is -2.05. The van der Waals surface area contributed by atoms with E-state index in [2.05, 4.69) is 19.9 Å². The van der Waals surface area contributed by atoms with E-state index >= 15 is 0 Å². The molecule has 0 aliphatic carbocycles. The molecule has 0 unspecified atom stereocenters. The highest BCUT2D eigenvalue weighted by Gasteiger charge is 2.12. The molecule has 4 rings (SSSR count). The predicted molar refractivity (Wildman–Crippen MR) is 97.3 cm³/mol. The summed E-state index contributed by atoms with van der Waals surface area (Å²) in [6.45, 7) is 0.115. The number of aryl methyl sites for hydroxylation is 1. The van der Waals surface area contributed by atoms with Gasteiger partial charge in [-0.2, -0.15) is 0 Å². The van der Waals surface area contributed by atoms with E-state index in [4.69, 9.17) is 10.8 Å². The molecule has 3 heterocycles. The van der Waals surface area contributed by atoms with E-state index in [1.165, 1.54) is 6.07 Å². The van der Waals surface area contributed by atoms with Crippen LogP contribution < -0.4 is 11.3 Å². The molecule has 126 valence electrons. The third kappa shape index (κ3) is 2.74. The Morgan fingerprint density at radius 3 is 2.80 bits per heavy atom. The van der Waals surface area contributed by atoms with Gasteiger partial charge in [0.05, 0.1) is 5.52 Å². The molecule has 4 aromatic rings. The van der Waals surface area contributed by atoms with E-state index in [1.807, 2.05) is 24.3 Å². The summed E-state index contributed by atoms with van der Waals surface area (Å²) in [7, 11) is 0. The van der Waals surface area contributed by atoms with Gasteiger partial charge in [-0.05, 0) is 24.6 Å². The average molecular weight is 335 g/mol. The topological polar surface area (TPSA) is 121 Å². The second-order valence-corrected chi connectivity index (χ2v) is 5.89. The number of pyridine rings is 2. The van der Waals surface area contributed by atoms with Crippen LogP contribution in [0.25, 0.3) is 33.2 Å². The molecular formula is C18H17N5O2. The molecule has 0 bridgehead atoms. The van der Waals surface area contributed by atoms with Gasteiger partial charge in [-0.25, -0.2) is 9.97 Å². The zero-order valence-corrected chi connectivity index (χ0v) is 13.4. The van der Waals surface area contributed by atoms with E-state index in [9.17, 15) is 4.79 Å². The minimum atomic E-state index is -0.152. The molecule has 0 atom stereocenters. The van der Waals surface area contributed by atoms with Crippen molar-refractivity contribution < 1.29 is 5.11 Å². The molecule has 0 saturated heterocycles. The van der Waals surface area contributed by atoms with Crippen molar-refractivity contribution in [2.75, 3.05) is 12.3 Å². The summed E-state index contributed by atoms with van der Waals surface area (Å²) in [4.78, 5) is 26.6. The molecular weight excluding hydrogens is 318 g/mol. The summed E-state index contributed by atoms with van der Waals surface area (Å²) in [5.41, 5.74) is 9.70. The van der Waals surface area contributed by atoms with Crippen LogP contribution in [-0.2, 0) is 6.42 Å². The molecule has 0 spiro atoms. The maximum atomic E-state index is 11.5. The maximum absolute atomic E-state index is 11.5. The third-order valence-corrected chi connectivity index (χ3v) is 4.15. The van der Waals surface area contributed by atoms with Crippen molar-refractivity contribution in [2.45, 2.75) is 12.8 Å². The summed E-state index contributed by atoms with van der Waals surface area (Å²) in [6, 6.07) is 10.8. The standard InChI is InChI=1S/C18H17N5O2/c19-18-17-16(22-14(23-17)4-2-8-24)11-7-6-10(9-13(11)21-18)12-3-1-5-15(25)20-12/h1,3,5-7,9,24H,2,4,8H2,(H2,19,21)(H,20,25)(H,22,23). The number of hydrogen-bond acceptors (Lipinski definition) is 5. The second kappa shape index (κ2) is 6.03. The van der Waals surface area contributed by atoms with Gasteiger partial charge >= 0.3 is 0 Å². The monoisotopic (exact) mass is 335 g/mol. The first-order valence-electron chi connectivity index (χ1n) is 8.04. The highest BCUT2D eigenvalue weighted by Crippen LogP contribution is 2.29. The number of nitrogen functional groups attached to an aromatic ring is 1. The Morgan fingerprint density at radius 1 is 1.12 bits per heavy atom. The summed E-state index contributed by atoms with van der Waals surface area (Å²) < 4.78 is 0.